The number of hydrogen-bond donors (Lipinski definition) is 0. The molecule has 1 saturated heterocycles. The zero-order valence-corrected chi connectivity index (χ0v) is 11.7. The van der Waals surface area contributed by atoms with E-state index in [4.69, 9.17) is 6.57 Å². The summed E-state index contributed by atoms with van der Waals surface area (Å²) in [5.74, 6) is 0.986. The first-order chi connectivity index (χ1) is 9.19. The molecule has 0 aromatic carbocycles. The lowest BCUT2D eigenvalue weighted by Crippen LogP contribution is -2.48. The van der Waals surface area contributed by atoms with Crippen LogP contribution in [0.25, 0.3) is 4.85 Å². The maximum Gasteiger partial charge on any atom is 0.205 e. The van der Waals surface area contributed by atoms with Crippen LogP contribution >= 0.6 is 0 Å². The van der Waals surface area contributed by atoms with Crippen LogP contribution in [0.3, 0.4) is 0 Å². The number of piperazine rings is 1. The molecule has 19 heavy (non-hydrogen) atoms. The first-order valence-corrected chi connectivity index (χ1v) is 6.64. The normalized spacial score (nSPS) is 16.6. The van der Waals surface area contributed by atoms with Crippen LogP contribution < -0.4 is 4.90 Å². The van der Waals surface area contributed by atoms with Crippen molar-refractivity contribution in [3.8, 4) is 0 Å². The Balaban J connectivity index is 1.84. The number of nitrogens with zero attached hydrogens (tertiary/aromatic N) is 5. The minimum absolute atomic E-state index is 0.605. The van der Waals surface area contributed by atoms with Gasteiger partial charge in [0.25, 0.3) is 0 Å². The van der Waals surface area contributed by atoms with Crippen LogP contribution in [0.4, 0.5) is 11.5 Å². The average molecular weight is 259 g/mol. The first-order valence-electron chi connectivity index (χ1n) is 6.64. The fraction of sp³-hybridized carbons (Fsp3) is 0.571. The van der Waals surface area contributed by atoms with Crippen LogP contribution in [0.5, 0.6) is 0 Å². The zero-order chi connectivity index (χ0) is 13.7. The second kappa shape index (κ2) is 6.50. The molecule has 1 aliphatic rings. The molecule has 1 aromatic heterocycles. The maximum absolute atomic E-state index is 6.93. The molecule has 102 valence electrons. The first kappa shape index (κ1) is 13.8. The van der Waals surface area contributed by atoms with E-state index >= 15 is 0 Å². The van der Waals surface area contributed by atoms with Crippen molar-refractivity contribution in [2.75, 3.05) is 58.3 Å². The molecule has 1 aliphatic heterocycles. The lowest BCUT2D eigenvalue weighted by atomic mass is 10.3. The molecule has 0 atom stereocenters. The summed E-state index contributed by atoms with van der Waals surface area (Å²) in [5, 5.41) is 0. The van der Waals surface area contributed by atoms with Gasteiger partial charge in [0.05, 0.1) is 6.57 Å². The molecule has 0 unspecified atom stereocenters. The lowest BCUT2D eigenvalue weighted by molar-refractivity contribution is 0.229. The van der Waals surface area contributed by atoms with Crippen LogP contribution in [0.1, 0.15) is 0 Å². The number of hydrogen-bond acceptors (Lipinski definition) is 4. The van der Waals surface area contributed by atoms with Gasteiger partial charge < -0.3 is 9.80 Å². The SMILES string of the molecule is [C-]#[N+]c1ccc(N2CCN(CCN(C)C)CC2)nc1. The predicted molar refractivity (Wildman–Crippen MR) is 77.7 cm³/mol. The third kappa shape index (κ3) is 3.91. The van der Waals surface area contributed by atoms with Crippen LogP contribution in [0.15, 0.2) is 18.3 Å². The van der Waals surface area contributed by atoms with Gasteiger partial charge in [-0.1, -0.05) is 6.07 Å². The minimum Gasteiger partial charge on any atom is -0.354 e. The van der Waals surface area contributed by atoms with Crippen molar-refractivity contribution in [3.05, 3.63) is 29.7 Å². The summed E-state index contributed by atoms with van der Waals surface area (Å²) in [6.45, 7) is 13.4. The molecule has 5 nitrogen and oxygen atoms in total. The molecule has 1 fully saturated rings. The quantitative estimate of drug-likeness (QED) is 0.762. The molecular formula is C14H21N5. The van der Waals surface area contributed by atoms with Gasteiger partial charge in [-0.25, -0.2) is 4.85 Å². The summed E-state index contributed by atoms with van der Waals surface area (Å²) in [6, 6.07) is 3.79. The summed E-state index contributed by atoms with van der Waals surface area (Å²) in [5.41, 5.74) is 0.605. The van der Waals surface area contributed by atoms with Gasteiger partial charge in [0, 0.05) is 45.5 Å². The highest BCUT2D eigenvalue weighted by molar-refractivity contribution is 5.49. The molecule has 2 rings (SSSR count). The fourth-order valence-corrected chi connectivity index (χ4v) is 2.17. The number of likely N-dealkylation sites (N-methyl/N-ethyl adjacent to an activating group) is 1. The third-order valence-corrected chi connectivity index (χ3v) is 3.42. The molecule has 1 aromatic rings. The Labute approximate surface area is 115 Å². The Morgan fingerprint density at radius 3 is 2.53 bits per heavy atom. The van der Waals surface area contributed by atoms with Crippen LogP contribution in [-0.2, 0) is 0 Å². The summed E-state index contributed by atoms with van der Waals surface area (Å²) >= 11 is 0. The van der Waals surface area contributed by atoms with Crippen molar-refractivity contribution in [1.82, 2.24) is 14.8 Å². The van der Waals surface area contributed by atoms with Crippen molar-refractivity contribution < 1.29 is 0 Å². The van der Waals surface area contributed by atoms with E-state index in [0.29, 0.717) is 5.69 Å². The van der Waals surface area contributed by atoms with Crippen molar-refractivity contribution in [1.29, 1.82) is 0 Å². The van der Waals surface area contributed by atoms with Gasteiger partial charge in [-0.05, 0) is 20.2 Å². The van der Waals surface area contributed by atoms with Gasteiger partial charge in [-0.15, -0.1) is 0 Å². The molecular weight excluding hydrogens is 238 g/mol. The highest BCUT2D eigenvalue weighted by Gasteiger charge is 2.17. The average Bonchev–Trinajstić information content (AvgIpc) is 2.46. The molecule has 0 saturated carbocycles. The van der Waals surface area contributed by atoms with E-state index in [1.165, 1.54) is 0 Å². The van der Waals surface area contributed by atoms with Gasteiger partial charge >= 0.3 is 0 Å². The van der Waals surface area contributed by atoms with Crippen molar-refractivity contribution in [2.45, 2.75) is 0 Å². The Kier molecular flexibility index (Phi) is 4.72. The summed E-state index contributed by atoms with van der Waals surface area (Å²) in [6.07, 6.45) is 1.65. The topological polar surface area (TPSA) is 27.0 Å². The fourth-order valence-electron chi connectivity index (χ4n) is 2.17. The predicted octanol–water partition coefficient (Wildman–Crippen LogP) is 1.32. The van der Waals surface area contributed by atoms with E-state index in [-0.39, 0.29) is 0 Å². The monoisotopic (exact) mass is 259 g/mol. The minimum atomic E-state index is 0.605. The molecule has 0 amide bonds. The summed E-state index contributed by atoms with van der Waals surface area (Å²) in [7, 11) is 4.22. The van der Waals surface area contributed by atoms with Gasteiger partial charge in [0.2, 0.25) is 5.69 Å². The largest absolute Gasteiger partial charge is 0.354 e. The molecule has 0 aliphatic carbocycles. The van der Waals surface area contributed by atoms with Crippen molar-refractivity contribution in [3.63, 3.8) is 0 Å². The molecule has 0 N–H and O–H groups in total. The van der Waals surface area contributed by atoms with E-state index in [9.17, 15) is 0 Å². The molecule has 0 spiro atoms. The van der Waals surface area contributed by atoms with Crippen molar-refractivity contribution in [2.24, 2.45) is 0 Å². The van der Waals surface area contributed by atoms with Crippen LogP contribution in [-0.4, -0.2) is 68.1 Å². The smallest absolute Gasteiger partial charge is 0.205 e. The highest BCUT2D eigenvalue weighted by Crippen LogP contribution is 2.17. The molecule has 5 heteroatoms. The van der Waals surface area contributed by atoms with E-state index in [1.54, 1.807) is 6.20 Å². The van der Waals surface area contributed by atoms with E-state index in [1.807, 2.05) is 12.1 Å². The maximum atomic E-state index is 6.93. The number of anilines is 1. The Bertz CT molecular complexity index is 426. The highest BCUT2D eigenvalue weighted by atomic mass is 15.3. The number of pyridine rings is 1. The number of aromatic nitrogens is 1. The van der Waals surface area contributed by atoms with E-state index in [0.717, 1.165) is 45.1 Å². The Morgan fingerprint density at radius 1 is 1.26 bits per heavy atom. The molecule has 0 bridgehead atoms. The third-order valence-electron chi connectivity index (χ3n) is 3.42. The molecule has 0 radical (unpaired) electrons. The zero-order valence-electron chi connectivity index (χ0n) is 11.7. The van der Waals surface area contributed by atoms with Gasteiger partial charge in [0.15, 0.2) is 0 Å². The molecule has 2 heterocycles. The summed E-state index contributed by atoms with van der Waals surface area (Å²) < 4.78 is 0. The Morgan fingerprint density at radius 2 is 2.00 bits per heavy atom. The van der Waals surface area contributed by atoms with Gasteiger partial charge in [-0.3, -0.25) is 9.88 Å². The van der Waals surface area contributed by atoms with Gasteiger partial charge in [-0.2, -0.15) is 0 Å². The number of rotatable bonds is 4. The standard InChI is InChI=1S/C14H21N5/c1-15-13-4-5-14(16-12-13)19-10-8-18(9-11-19)7-6-17(2)3/h4-5,12H,6-11H2,2-3H3. The van der Waals surface area contributed by atoms with Crippen molar-refractivity contribution >= 4 is 11.5 Å². The lowest BCUT2D eigenvalue weighted by Gasteiger charge is -2.35. The van der Waals surface area contributed by atoms with Crippen LogP contribution in [0, 0.1) is 6.57 Å². The van der Waals surface area contributed by atoms with Gasteiger partial charge in [0.1, 0.15) is 5.82 Å². The van der Waals surface area contributed by atoms with E-state index in [2.05, 4.69) is 38.6 Å². The second-order valence-electron chi connectivity index (χ2n) is 5.12. The van der Waals surface area contributed by atoms with E-state index < -0.39 is 0 Å². The summed E-state index contributed by atoms with van der Waals surface area (Å²) in [4.78, 5) is 14.7. The van der Waals surface area contributed by atoms with Crippen LogP contribution in [0.2, 0.25) is 0 Å². The second-order valence-corrected chi connectivity index (χ2v) is 5.12. The Hall–Kier alpha value is -1.64.